The third-order valence-corrected chi connectivity index (χ3v) is 12.8. The predicted molar refractivity (Wildman–Crippen MR) is 228 cm³/mol. The highest BCUT2D eigenvalue weighted by Crippen LogP contribution is 2.43. The molecule has 6 aromatic carbocycles. The van der Waals surface area contributed by atoms with Gasteiger partial charge in [-0.1, -0.05) is 97.9 Å². The average Bonchev–Trinajstić information content (AvgIpc) is 3.65. The Balaban J connectivity index is 1.12. The molecule has 0 radical (unpaired) electrons. The fourth-order valence-electron chi connectivity index (χ4n) is 10.2. The summed E-state index contributed by atoms with van der Waals surface area (Å²) in [5, 5.41) is 4.83. The molecule has 268 valence electrons. The molecule has 4 unspecified atom stereocenters. The van der Waals surface area contributed by atoms with Gasteiger partial charge in [-0.25, -0.2) is 9.97 Å². The molecule has 3 fully saturated rings. The van der Waals surface area contributed by atoms with Gasteiger partial charge in [0.15, 0.2) is 5.82 Å². The molecule has 5 heteroatoms. The zero-order valence-electron chi connectivity index (χ0n) is 31.3. The van der Waals surface area contributed by atoms with E-state index in [2.05, 4.69) is 180 Å². The van der Waals surface area contributed by atoms with Crippen molar-refractivity contribution in [3.05, 3.63) is 152 Å². The summed E-state index contributed by atoms with van der Waals surface area (Å²) >= 11 is 0. The summed E-state index contributed by atoms with van der Waals surface area (Å²) in [5.41, 5.74) is 9.23. The number of aromatic nitrogens is 4. The van der Waals surface area contributed by atoms with E-state index in [0.717, 1.165) is 51.1 Å². The molecule has 9 aromatic rings. The van der Waals surface area contributed by atoms with E-state index in [-0.39, 0.29) is 0 Å². The normalized spacial score (nSPS) is 19.9. The molecule has 55 heavy (non-hydrogen) atoms. The van der Waals surface area contributed by atoms with Crippen LogP contribution in [0.15, 0.2) is 152 Å². The number of anilines is 1. The predicted octanol–water partition coefficient (Wildman–Crippen LogP) is 12.4. The van der Waals surface area contributed by atoms with Gasteiger partial charge in [0.1, 0.15) is 11.6 Å². The summed E-state index contributed by atoms with van der Waals surface area (Å²) in [6.07, 6.45) is 5.21. The van der Waals surface area contributed by atoms with Crippen LogP contribution in [0.2, 0.25) is 0 Å². The van der Waals surface area contributed by atoms with Crippen LogP contribution in [0.3, 0.4) is 0 Å². The molecule has 3 aromatic heterocycles. The number of rotatable bonds is 5. The molecule has 2 saturated heterocycles. The number of hydrogen-bond donors (Lipinski definition) is 0. The molecule has 1 aliphatic carbocycles. The van der Waals surface area contributed by atoms with Gasteiger partial charge in [0.2, 0.25) is 0 Å². The molecule has 12 rings (SSSR count). The summed E-state index contributed by atoms with van der Waals surface area (Å²) in [5.74, 6) is 4.05. The molecule has 0 spiro atoms. The minimum Gasteiger partial charge on any atom is -0.366 e. The van der Waals surface area contributed by atoms with Gasteiger partial charge in [-0.15, -0.1) is 0 Å². The van der Waals surface area contributed by atoms with Gasteiger partial charge in [0.05, 0.1) is 22.1 Å². The van der Waals surface area contributed by atoms with Gasteiger partial charge in [-0.3, -0.25) is 9.13 Å². The van der Waals surface area contributed by atoms with E-state index in [1.807, 2.05) is 0 Å². The maximum Gasteiger partial charge on any atom is 0.163 e. The van der Waals surface area contributed by atoms with Crippen LogP contribution in [0.25, 0.3) is 77.8 Å². The Kier molecular flexibility index (Phi) is 7.45. The van der Waals surface area contributed by atoms with Crippen LogP contribution in [-0.2, 0) is 0 Å². The van der Waals surface area contributed by atoms with Gasteiger partial charge in [-0.05, 0) is 110 Å². The summed E-state index contributed by atoms with van der Waals surface area (Å²) in [6, 6.07) is 55.9. The lowest BCUT2D eigenvalue weighted by molar-refractivity contribution is 0.252. The molecule has 1 saturated carbocycles. The molecule has 4 atom stereocenters. The smallest absolute Gasteiger partial charge is 0.163 e. The second-order valence-corrected chi connectivity index (χ2v) is 16.0. The highest BCUT2D eigenvalue weighted by Gasteiger charge is 2.38. The van der Waals surface area contributed by atoms with Crippen LogP contribution in [0.4, 0.5) is 5.69 Å². The molecular weight excluding hydrogens is 671 g/mol. The topological polar surface area (TPSA) is 38.9 Å². The zero-order chi connectivity index (χ0) is 36.6. The summed E-state index contributed by atoms with van der Waals surface area (Å²) in [6.45, 7) is 4.89. The Morgan fingerprint density at radius 1 is 0.473 bits per heavy atom. The maximum absolute atomic E-state index is 5.44. The summed E-state index contributed by atoms with van der Waals surface area (Å²) in [7, 11) is 0. The van der Waals surface area contributed by atoms with Crippen molar-refractivity contribution in [3.8, 4) is 34.2 Å². The van der Waals surface area contributed by atoms with Gasteiger partial charge in [0.25, 0.3) is 0 Å². The summed E-state index contributed by atoms with van der Waals surface area (Å²) < 4.78 is 4.64. The number of nitrogens with zero attached hydrogens (tertiary/aromatic N) is 5. The largest absolute Gasteiger partial charge is 0.366 e. The molecule has 3 aliphatic rings. The van der Waals surface area contributed by atoms with Crippen molar-refractivity contribution in [2.75, 3.05) is 4.90 Å². The van der Waals surface area contributed by atoms with Gasteiger partial charge in [-0.2, -0.15) is 0 Å². The quantitative estimate of drug-likeness (QED) is 0.178. The van der Waals surface area contributed by atoms with Crippen molar-refractivity contribution < 1.29 is 0 Å². The van der Waals surface area contributed by atoms with Gasteiger partial charge in [0, 0.05) is 50.9 Å². The first-order valence-electron chi connectivity index (χ1n) is 19.9. The van der Waals surface area contributed by atoms with Crippen LogP contribution >= 0.6 is 0 Å². The standard InChI is InChI=1S/C50H43N5/c1-32-28-39-26-22-36(32)29-33(2)53(39)38-24-20-35(21-25-38)50-51-48(54-44-17-9-6-14-40(44)41-15-7-10-18-45(41)54)31-49(52-50)55-46-19-11-8-16-42(46)43-30-37(23-27-47(43)55)34-12-4-3-5-13-34/h3-21,23-25,27,30-33,36,39H,22,26,28-29H2,1-2H3. The second kappa shape index (κ2) is 12.7. The van der Waals surface area contributed by atoms with Crippen LogP contribution in [0.1, 0.15) is 39.5 Å². The summed E-state index contributed by atoms with van der Waals surface area (Å²) in [4.78, 5) is 13.6. The van der Waals surface area contributed by atoms with Crippen LogP contribution in [0.5, 0.6) is 0 Å². The lowest BCUT2D eigenvalue weighted by Crippen LogP contribution is -2.40. The Bertz CT molecular complexity index is 2830. The number of fused-ring (bicyclic) bond motifs is 10. The lowest BCUT2D eigenvalue weighted by Gasteiger charge is -2.37. The van der Waals surface area contributed by atoms with E-state index < -0.39 is 0 Å². The fraction of sp³-hybridized carbons (Fsp3) is 0.200. The molecule has 2 aliphatic heterocycles. The number of hydrogen-bond acceptors (Lipinski definition) is 3. The van der Waals surface area contributed by atoms with Crippen molar-refractivity contribution in [2.24, 2.45) is 11.8 Å². The van der Waals surface area contributed by atoms with Gasteiger partial charge >= 0.3 is 0 Å². The van der Waals surface area contributed by atoms with Crippen molar-refractivity contribution in [1.29, 1.82) is 0 Å². The third kappa shape index (κ3) is 5.20. The zero-order valence-corrected chi connectivity index (χ0v) is 31.3. The van der Waals surface area contributed by atoms with E-state index in [1.54, 1.807) is 0 Å². The molecule has 0 N–H and O–H groups in total. The van der Waals surface area contributed by atoms with Crippen LogP contribution in [-0.4, -0.2) is 31.2 Å². The Hall–Kier alpha value is -6.20. The number of benzene rings is 6. The Morgan fingerprint density at radius 2 is 1.02 bits per heavy atom. The third-order valence-electron chi connectivity index (χ3n) is 12.8. The molecule has 5 nitrogen and oxygen atoms in total. The highest BCUT2D eigenvalue weighted by atomic mass is 15.2. The van der Waals surface area contributed by atoms with Crippen molar-refractivity contribution in [1.82, 2.24) is 19.1 Å². The van der Waals surface area contributed by atoms with Crippen molar-refractivity contribution >= 4 is 49.3 Å². The van der Waals surface area contributed by atoms with Crippen LogP contribution in [0, 0.1) is 11.8 Å². The first-order chi connectivity index (χ1) is 27.1. The Labute approximate surface area is 321 Å². The van der Waals surface area contributed by atoms with E-state index in [1.165, 1.54) is 64.0 Å². The van der Waals surface area contributed by atoms with Crippen molar-refractivity contribution in [3.63, 3.8) is 0 Å². The molecule has 2 bridgehead atoms. The van der Waals surface area contributed by atoms with E-state index in [9.17, 15) is 0 Å². The highest BCUT2D eigenvalue weighted by molar-refractivity contribution is 6.11. The molecular formula is C50H43N5. The van der Waals surface area contributed by atoms with E-state index >= 15 is 0 Å². The first-order valence-corrected chi connectivity index (χ1v) is 19.9. The van der Waals surface area contributed by atoms with E-state index in [4.69, 9.17) is 9.97 Å². The monoisotopic (exact) mass is 713 g/mol. The maximum atomic E-state index is 5.44. The molecule has 5 heterocycles. The van der Waals surface area contributed by atoms with E-state index in [0.29, 0.717) is 17.9 Å². The van der Waals surface area contributed by atoms with Crippen molar-refractivity contribution in [2.45, 2.75) is 51.6 Å². The fourth-order valence-corrected chi connectivity index (χ4v) is 10.2. The minimum absolute atomic E-state index is 0.535. The SMILES string of the molecule is CC1CC2CCC1CC(C)N2c1ccc(-c2nc(-n3c4ccccc4c4ccccc43)cc(-n3c4ccccc4c4cc(-c5ccccc5)ccc43)n2)cc1. The van der Waals surface area contributed by atoms with Gasteiger partial charge < -0.3 is 4.90 Å². The Morgan fingerprint density at radius 3 is 1.64 bits per heavy atom. The number of para-hydroxylation sites is 3. The average molecular weight is 714 g/mol. The first kappa shape index (κ1) is 32.2. The van der Waals surface area contributed by atoms with Crippen LogP contribution < -0.4 is 4.90 Å². The minimum atomic E-state index is 0.535. The molecule has 0 amide bonds. The second-order valence-electron chi connectivity index (χ2n) is 16.0. The lowest BCUT2D eigenvalue weighted by atomic mass is 9.78.